The summed E-state index contributed by atoms with van der Waals surface area (Å²) in [5, 5.41) is 0. The van der Waals surface area contributed by atoms with Crippen LogP contribution in [-0.4, -0.2) is 71.0 Å². The molecule has 0 unspecified atom stereocenters. The molecule has 0 radical (unpaired) electrons. The molecule has 8 nitrogen and oxygen atoms in total. The Bertz CT molecular complexity index is 741. The lowest BCUT2D eigenvalue weighted by molar-refractivity contribution is -0.148. The molecule has 0 amide bonds. The van der Waals surface area contributed by atoms with E-state index in [-0.39, 0.29) is 22.0 Å². The highest BCUT2D eigenvalue weighted by Gasteiger charge is 2.48. The van der Waals surface area contributed by atoms with Gasteiger partial charge < -0.3 is 41.9 Å². The van der Waals surface area contributed by atoms with Gasteiger partial charge >= 0.3 is 0 Å². The van der Waals surface area contributed by atoms with Crippen LogP contribution >= 0.6 is 0 Å². The number of ether oxygens (including phenoxy) is 4. The lowest BCUT2D eigenvalue weighted by Crippen LogP contribution is -2.50. The summed E-state index contributed by atoms with van der Waals surface area (Å²) in [6, 6.07) is 0. The second-order valence-electron chi connectivity index (χ2n) is 19.3. The molecule has 8 N–H and O–H groups in total. The van der Waals surface area contributed by atoms with Crippen molar-refractivity contribution in [3.8, 4) is 0 Å². The summed E-state index contributed by atoms with van der Waals surface area (Å²) in [5.41, 5.74) is 21.9. The van der Waals surface area contributed by atoms with Gasteiger partial charge in [0.1, 0.15) is 0 Å². The van der Waals surface area contributed by atoms with Gasteiger partial charge in [-0.1, -0.05) is 0 Å². The normalized spacial score (nSPS) is 15.3. The van der Waals surface area contributed by atoms with E-state index in [2.05, 4.69) is 55.4 Å². The van der Waals surface area contributed by atoms with Crippen molar-refractivity contribution >= 4 is 0 Å². The zero-order chi connectivity index (χ0) is 35.1. The third-order valence-electron chi connectivity index (χ3n) is 7.76. The molecule has 0 saturated carbocycles. The van der Waals surface area contributed by atoms with Crippen LogP contribution in [0.25, 0.3) is 0 Å². The summed E-state index contributed by atoms with van der Waals surface area (Å²) in [6.45, 7) is 36.0. The third-order valence-corrected chi connectivity index (χ3v) is 7.76. The molecule has 0 spiro atoms. The van der Waals surface area contributed by atoms with Crippen LogP contribution in [0.5, 0.6) is 0 Å². The van der Waals surface area contributed by atoms with E-state index >= 15 is 0 Å². The highest BCUT2D eigenvalue weighted by atomic mass is 16.5. The van der Waals surface area contributed by atoms with E-state index in [1.165, 1.54) is 0 Å². The maximum absolute atomic E-state index is 6.61. The monoisotopic (exact) mass is 631 g/mol. The van der Waals surface area contributed by atoms with Gasteiger partial charge in [-0.2, -0.15) is 0 Å². The van der Waals surface area contributed by atoms with Gasteiger partial charge in [-0.15, -0.1) is 0 Å². The molecule has 0 aromatic rings. The first kappa shape index (κ1) is 43.7. The minimum absolute atomic E-state index is 0.284. The van der Waals surface area contributed by atoms with Crippen molar-refractivity contribution in [1.29, 1.82) is 0 Å². The van der Waals surface area contributed by atoms with Crippen LogP contribution in [0, 0.1) is 5.41 Å². The predicted octanol–water partition coefficient (Wildman–Crippen LogP) is 6.83. The lowest BCUT2D eigenvalue weighted by atomic mass is 9.62. The van der Waals surface area contributed by atoms with Crippen LogP contribution in [0.1, 0.15) is 156 Å². The first-order valence-corrected chi connectivity index (χ1v) is 16.9. The molecule has 0 aliphatic heterocycles. The Kier molecular flexibility index (Phi) is 15.6. The van der Waals surface area contributed by atoms with E-state index in [1.807, 2.05) is 55.4 Å². The van der Waals surface area contributed by atoms with E-state index in [4.69, 9.17) is 41.9 Å². The minimum Gasteiger partial charge on any atom is -0.375 e. The smallest absolute Gasteiger partial charge is 0.0648 e. The molecule has 0 saturated heterocycles. The largest absolute Gasteiger partial charge is 0.375 e. The SMILES string of the molecule is CC(C)(N)CCOC(C)(C)CC(CC(C)(C)OCCC(C)(C)N)(CC(C)(C)OCCC(C)(C)N)CC(C)(C)OCC(C)(C)N. The fourth-order valence-electron chi connectivity index (χ4n) is 6.34. The zero-order valence-corrected chi connectivity index (χ0v) is 32.2. The van der Waals surface area contributed by atoms with Crippen molar-refractivity contribution in [3.05, 3.63) is 0 Å². The first-order chi connectivity index (χ1) is 19.2. The van der Waals surface area contributed by atoms with Crippen LogP contribution in [-0.2, 0) is 18.9 Å². The van der Waals surface area contributed by atoms with Gasteiger partial charge in [0.25, 0.3) is 0 Å². The van der Waals surface area contributed by atoms with Crippen LogP contribution in [0.4, 0.5) is 0 Å². The van der Waals surface area contributed by atoms with Gasteiger partial charge in [-0.3, -0.25) is 0 Å². The Labute approximate surface area is 273 Å². The highest BCUT2D eigenvalue weighted by Crippen LogP contribution is 2.50. The molecule has 0 heterocycles. The standard InChI is InChI=1S/C36H78N4O4/c1-28(2,37)17-20-41-32(9,10)23-36(26-35(15,16)44-27-31(7,8)40,24-33(11,12)42-21-18-29(3,4)38)25-34(13,14)43-22-19-30(5,6)39/h17-27,37-40H2,1-16H3. The zero-order valence-electron chi connectivity index (χ0n) is 32.2. The van der Waals surface area contributed by atoms with Gasteiger partial charge in [0, 0.05) is 42.0 Å². The highest BCUT2D eigenvalue weighted by molar-refractivity contribution is 4.99. The fourth-order valence-corrected chi connectivity index (χ4v) is 6.34. The van der Waals surface area contributed by atoms with Crippen molar-refractivity contribution in [2.75, 3.05) is 26.4 Å². The molecule has 266 valence electrons. The predicted molar refractivity (Wildman–Crippen MR) is 188 cm³/mol. The number of hydrogen-bond donors (Lipinski definition) is 4. The van der Waals surface area contributed by atoms with Crippen LogP contribution in [0.2, 0.25) is 0 Å². The lowest BCUT2D eigenvalue weighted by Gasteiger charge is -2.50. The summed E-state index contributed by atoms with van der Waals surface area (Å²) < 4.78 is 26.4. The molecule has 0 aromatic carbocycles. The second-order valence-corrected chi connectivity index (χ2v) is 19.3. The van der Waals surface area contributed by atoms with Crippen LogP contribution < -0.4 is 22.9 Å². The van der Waals surface area contributed by atoms with Crippen molar-refractivity contribution in [2.24, 2.45) is 28.3 Å². The Hall–Kier alpha value is -0.320. The Morgan fingerprint density at radius 2 is 0.568 bits per heavy atom. The Morgan fingerprint density at radius 3 is 0.773 bits per heavy atom. The number of hydrogen-bond acceptors (Lipinski definition) is 8. The van der Waals surface area contributed by atoms with Crippen molar-refractivity contribution < 1.29 is 18.9 Å². The van der Waals surface area contributed by atoms with Gasteiger partial charge in [-0.05, 0) is 161 Å². The molecule has 0 aliphatic carbocycles. The molecular formula is C36H78N4O4. The van der Waals surface area contributed by atoms with Crippen molar-refractivity contribution in [3.63, 3.8) is 0 Å². The maximum atomic E-state index is 6.61. The quantitative estimate of drug-likeness (QED) is 0.0962. The van der Waals surface area contributed by atoms with Gasteiger partial charge in [0.2, 0.25) is 0 Å². The summed E-state index contributed by atoms with van der Waals surface area (Å²) in [5.74, 6) is 0. The Morgan fingerprint density at radius 1 is 0.341 bits per heavy atom. The van der Waals surface area contributed by atoms with Crippen LogP contribution in [0.3, 0.4) is 0 Å². The molecular weight excluding hydrogens is 552 g/mol. The fraction of sp³-hybridized carbons (Fsp3) is 1.00. The van der Waals surface area contributed by atoms with Gasteiger partial charge in [0.15, 0.2) is 0 Å². The van der Waals surface area contributed by atoms with E-state index < -0.39 is 27.9 Å². The summed E-state index contributed by atoms with van der Waals surface area (Å²) >= 11 is 0. The average molecular weight is 631 g/mol. The molecule has 8 heteroatoms. The molecule has 44 heavy (non-hydrogen) atoms. The molecule has 0 bridgehead atoms. The van der Waals surface area contributed by atoms with Crippen molar-refractivity contribution in [1.82, 2.24) is 0 Å². The van der Waals surface area contributed by atoms with E-state index in [1.54, 1.807) is 0 Å². The first-order valence-electron chi connectivity index (χ1n) is 16.9. The van der Waals surface area contributed by atoms with E-state index in [0.717, 1.165) is 44.9 Å². The molecule has 0 rings (SSSR count). The van der Waals surface area contributed by atoms with Gasteiger partial charge in [0.05, 0.1) is 29.0 Å². The summed E-state index contributed by atoms with van der Waals surface area (Å²) in [4.78, 5) is 0. The number of rotatable bonds is 23. The topological polar surface area (TPSA) is 141 Å². The Balaban J connectivity index is 6.69. The third kappa shape index (κ3) is 23.1. The molecule has 0 aliphatic rings. The van der Waals surface area contributed by atoms with E-state index in [9.17, 15) is 0 Å². The van der Waals surface area contributed by atoms with Gasteiger partial charge in [-0.25, -0.2) is 0 Å². The molecule has 0 fully saturated rings. The molecule has 0 aromatic heterocycles. The maximum Gasteiger partial charge on any atom is 0.0648 e. The minimum atomic E-state index is -0.462. The molecule has 0 atom stereocenters. The number of nitrogens with two attached hydrogens (primary N) is 4. The second kappa shape index (κ2) is 15.7. The van der Waals surface area contributed by atoms with Crippen LogP contribution in [0.15, 0.2) is 0 Å². The average Bonchev–Trinajstić information content (AvgIpc) is 2.66. The van der Waals surface area contributed by atoms with Crippen molar-refractivity contribution in [2.45, 2.75) is 200 Å². The summed E-state index contributed by atoms with van der Waals surface area (Å²) in [6.07, 6.45) is 5.45. The summed E-state index contributed by atoms with van der Waals surface area (Å²) in [7, 11) is 0. The van der Waals surface area contributed by atoms with E-state index in [0.29, 0.717) is 26.4 Å².